The van der Waals surface area contributed by atoms with E-state index in [1.807, 2.05) is 11.8 Å². The molecule has 29 heavy (non-hydrogen) atoms. The summed E-state index contributed by atoms with van der Waals surface area (Å²) >= 11 is 0. The summed E-state index contributed by atoms with van der Waals surface area (Å²) in [5.74, 6) is 2.06. The topological polar surface area (TPSA) is 62.5 Å². The number of aryl methyl sites for hydroxylation is 1. The van der Waals surface area contributed by atoms with E-state index in [2.05, 4.69) is 67.1 Å². The molecule has 0 aliphatic carbocycles. The van der Waals surface area contributed by atoms with E-state index in [4.69, 9.17) is 4.42 Å². The largest absolute Gasteiger partial charge is 0.408 e. The predicted octanol–water partition coefficient (Wildman–Crippen LogP) is 4.23. The average Bonchev–Trinajstić information content (AvgIpc) is 3.21. The molecule has 0 spiro atoms. The van der Waals surface area contributed by atoms with Crippen LogP contribution in [0.5, 0.6) is 0 Å². The van der Waals surface area contributed by atoms with Crippen molar-refractivity contribution in [1.29, 1.82) is 0 Å². The van der Waals surface area contributed by atoms with Gasteiger partial charge in [-0.15, -0.1) is 5.10 Å². The van der Waals surface area contributed by atoms with Gasteiger partial charge in [0, 0.05) is 39.0 Å². The van der Waals surface area contributed by atoms with Gasteiger partial charge in [-0.3, -0.25) is 4.79 Å². The summed E-state index contributed by atoms with van der Waals surface area (Å²) < 4.78 is 5.65. The third-order valence-corrected chi connectivity index (χ3v) is 5.89. The lowest BCUT2D eigenvalue weighted by atomic mass is 9.84. The number of carbonyl (C=O) groups excluding carboxylic acids is 1. The highest BCUT2D eigenvalue weighted by atomic mass is 16.4. The van der Waals surface area contributed by atoms with Gasteiger partial charge in [-0.05, 0) is 28.9 Å². The molecule has 2 aromatic rings. The molecular formula is C23H34N4O2. The number of aromatic nitrogens is 2. The van der Waals surface area contributed by atoms with Crippen LogP contribution in [0.15, 0.2) is 28.7 Å². The average molecular weight is 399 g/mol. The van der Waals surface area contributed by atoms with Crippen molar-refractivity contribution in [2.45, 2.75) is 59.3 Å². The Morgan fingerprint density at radius 2 is 1.62 bits per heavy atom. The first-order chi connectivity index (χ1) is 13.9. The SMILES string of the molecule is CCc1nnc(N2CCN(C(=O)CC(c3ccc(C(C)C)cc3)C(C)C)CC2)o1. The molecule has 1 aromatic heterocycles. The van der Waals surface area contributed by atoms with Crippen molar-refractivity contribution in [2.24, 2.45) is 5.92 Å². The van der Waals surface area contributed by atoms with Crippen molar-refractivity contribution < 1.29 is 9.21 Å². The molecule has 0 radical (unpaired) electrons. The van der Waals surface area contributed by atoms with Crippen molar-refractivity contribution in [3.8, 4) is 0 Å². The van der Waals surface area contributed by atoms with Crippen molar-refractivity contribution in [3.05, 3.63) is 41.3 Å². The summed E-state index contributed by atoms with van der Waals surface area (Å²) in [5.41, 5.74) is 2.60. The Bertz CT molecular complexity index is 789. The molecule has 1 saturated heterocycles. The first-order valence-electron chi connectivity index (χ1n) is 10.8. The number of nitrogens with zero attached hydrogens (tertiary/aromatic N) is 4. The quantitative estimate of drug-likeness (QED) is 0.698. The molecule has 1 aliphatic heterocycles. The number of hydrogen-bond acceptors (Lipinski definition) is 5. The van der Waals surface area contributed by atoms with E-state index in [9.17, 15) is 4.79 Å². The number of piperazine rings is 1. The van der Waals surface area contributed by atoms with Crippen LogP contribution in [-0.4, -0.2) is 47.2 Å². The van der Waals surface area contributed by atoms with E-state index in [0.717, 1.165) is 19.5 Å². The Hall–Kier alpha value is -2.37. The van der Waals surface area contributed by atoms with Gasteiger partial charge >= 0.3 is 6.01 Å². The van der Waals surface area contributed by atoms with Gasteiger partial charge in [-0.1, -0.05) is 64.0 Å². The van der Waals surface area contributed by atoms with Crippen LogP contribution in [0.2, 0.25) is 0 Å². The lowest BCUT2D eigenvalue weighted by Crippen LogP contribution is -2.49. The van der Waals surface area contributed by atoms with Crippen molar-refractivity contribution in [2.75, 3.05) is 31.1 Å². The minimum Gasteiger partial charge on any atom is -0.408 e. The monoisotopic (exact) mass is 398 g/mol. The molecule has 3 rings (SSSR count). The van der Waals surface area contributed by atoms with Crippen LogP contribution in [0, 0.1) is 5.92 Å². The second kappa shape index (κ2) is 9.42. The van der Waals surface area contributed by atoms with Crippen molar-refractivity contribution in [3.63, 3.8) is 0 Å². The van der Waals surface area contributed by atoms with Gasteiger partial charge in [0.2, 0.25) is 11.8 Å². The van der Waals surface area contributed by atoms with Crippen LogP contribution in [0.3, 0.4) is 0 Å². The van der Waals surface area contributed by atoms with Crippen LogP contribution in [0.1, 0.15) is 69.9 Å². The van der Waals surface area contributed by atoms with E-state index >= 15 is 0 Å². The minimum atomic E-state index is 0.232. The fraction of sp³-hybridized carbons (Fsp3) is 0.609. The first-order valence-corrected chi connectivity index (χ1v) is 10.8. The van der Waals surface area contributed by atoms with Crippen molar-refractivity contribution in [1.82, 2.24) is 15.1 Å². The maximum Gasteiger partial charge on any atom is 0.318 e. The Balaban J connectivity index is 1.59. The summed E-state index contributed by atoms with van der Waals surface area (Å²) in [7, 11) is 0. The number of rotatable bonds is 7. The maximum absolute atomic E-state index is 13.0. The lowest BCUT2D eigenvalue weighted by Gasteiger charge is -2.35. The zero-order valence-corrected chi connectivity index (χ0v) is 18.4. The molecule has 0 bridgehead atoms. The second-order valence-corrected chi connectivity index (χ2v) is 8.58. The van der Waals surface area contributed by atoms with Crippen molar-refractivity contribution >= 4 is 11.9 Å². The molecule has 6 nitrogen and oxygen atoms in total. The van der Waals surface area contributed by atoms with E-state index in [0.29, 0.717) is 43.3 Å². The van der Waals surface area contributed by atoms with Gasteiger partial charge in [0.15, 0.2) is 0 Å². The minimum absolute atomic E-state index is 0.232. The molecular weight excluding hydrogens is 364 g/mol. The Labute approximate surface area is 174 Å². The Morgan fingerprint density at radius 3 is 2.14 bits per heavy atom. The van der Waals surface area contributed by atoms with E-state index in [-0.39, 0.29) is 11.8 Å². The Kier molecular flexibility index (Phi) is 6.93. The summed E-state index contributed by atoms with van der Waals surface area (Å²) in [4.78, 5) is 17.1. The molecule has 0 saturated carbocycles. The first kappa shape index (κ1) is 21.3. The fourth-order valence-corrected chi connectivity index (χ4v) is 3.85. The van der Waals surface area contributed by atoms with Gasteiger partial charge in [0.25, 0.3) is 0 Å². The van der Waals surface area contributed by atoms with Gasteiger partial charge in [0.05, 0.1) is 0 Å². The smallest absolute Gasteiger partial charge is 0.318 e. The van der Waals surface area contributed by atoms with Crippen LogP contribution < -0.4 is 4.90 Å². The summed E-state index contributed by atoms with van der Waals surface area (Å²) in [6, 6.07) is 9.37. The van der Waals surface area contributed by atoms with Crippen LogP contribution in [0.25, 0.3) is 0 Å². The third-order valence-electron chi connectivity index (χ3n) is 5.89. The molecule has 158 valence electrons. The molecule has 1 aromatic carbocycles. The molecule has 1 unspecified atom stereocenters. The maximum atomic E-state index is 13.0. The van der Waals surface area contributed by atoms with Gasteiger partial charge in [0.1, 0.15) is 0 Å². The van der Waals surface area contributed by atoms with E-state index in [1.54, 1.807) is 0 Å². The highest BCUT2D eigenvalue weighted by molar-refractivity contribution is 5.77. The highest BCUT2D eigenvalue weighted by Gasteiger charge is 2.27. The van der Waals surface area contributed by atoms with Gasteiger partial charge < -0.3 is 14.2 Å². The zero-order chi connectivity index (χ0) is 21.0. The third kappa shape index (κ3) is 5.17. The number of hydrogen-bond donors (Lipinski definition) is 0. The number of carbonyl (C=O) groups is 1. The van der Waals surface area contributed by atoms with Crippen LogP contribution >= 0.6 is 0 Å². The molecule has 6 heteroatoms. The molecule has 1 amide bonds. The molecule has 1 atom stereocenters. The second-order valence-electron chi connectivity index (χ2n) is 8.58. The van der Waals surface area contributed by atoms with E-state index in [1.165, 1.54) is 11.1 Å². The number of amides is 1. The number of benzene rings is 1. The highest BCUT2D eigenvalue weighted by Crippen LogP contribution is 2.30. The predicted molar refractivity (Wildman–Crippen MR) is 115 cm³/mol. The van der Waals surface area contributed by atoms with Crippen LogP contribution in [-0.2, 0) is 11.2 Å². The molecule has 1 fully saturated rings. The molecule has 1 aliphatic rings. The summed E-state index contributed by atoms with van der Waals surface area (Å²) in [5, 5.41) is 8.15. The fourth-order valence-electron chi connectivity index (χ4n) is 3.85. The lowest BCUT2D eigenvalue weighted by molar-refractivity contribution is -0.132. The van der Waals surface area contributed by atoms with Gasteiger partial charge in [-0.25, -0.2) is 0 Å². The standard InChI is InChI=1S/C23H34N4O2/c1-6-21-24-25-23(29-21)27-13-11-26(12-14-27)22(28)15-20(17(4)5)19-9-7-18(8-10-19)16(2)3/h7-10,16-17,20H,6,11-15H2,1-5H3. The van der Waals surface area contributed by atoms with E-state index < -0.39 is 0 Å². The number of anilines is 1. The van der Waals surface area contributed by atoms with Gasteiger partial charge in [-0.2, -0.15) is 0 Å². The Morgan fingerprint density at radius 1 is 1.00 bits per heavy atom. The zero-order valence-electron chi connectivity index (χ0n) is 18.4. The van der Waals surface area contributed by atoms with Crippen LogP contribution in [0.4, 0.5) is 6.01 Å². The summed E-state index contributed by atoms with van der Waals surface area (Å²) in [6.45, 7) is 13.7. The molecule has 2 heterocycles. The summed E-state index contributed by atoms with van der Waals surface area (Å²) in [6.07, 6.45) is 1.29. The normalized spacial score (nSPS) is 16.0. The molecule has 0 N–H and O–H groups in total.